The third-order valence-electron chi connectivity index (χ3n) is 5.95. The first-order valence-electron chi connectivity index (χ1n) is 8.69. The molecule has 108 valence electrons. The maximum Gasteiger partial charge on any atom is 0.0844 e. The van der Waals surface area contributed by atoms with Gasteiger partial charge in [0.15, 0.2) is 0 Å². The van der Waals surface area contributed by atoms with Gasteiger partial charge in [0.05, 0.1) is 24.4 Å². The van der Waals surface area contributed by atoms with Crippen LogP contribution in [0.25, 0.3) is 0 Å². The van der Waals surface area contributed by atoms with Gasteiger partial charge in [0.2, 0.25) is 0 Å². The Bertz CT molecular complexity index is 286. The molecule has 4 aliphatic rings. The van der Waals surface area contributed by atoms with Crippen LogP contribution in [-0.2, 0) is 9.47 Å². The number of ether oxygens (including phenoxy) is 2. The number of epoxide rings is 2. The molecule has 4 fully saturated rings. The Morgan fingerprint density at radius 2 is 1.11 bits per heavy atom. The number of unbranched alkanes of at least 4 members (excludes halogenated alkanes) is 2. The van der Waals surface area contributed by atoms with Crippen molar-refractivity contribution in [3.63, 3.8) is 0 Å². The topological polar surface area (TPSA) is 25.1 Å². The Kier molecular flexibility index (Phi) is 3.57. The normalized spacial score (nSPS) is 47.4. The van der Waals surface area contributed by atoms with Crippen LogP contribution in [0, 0.1) is 11.8 Å². The van der Waals surface area contributed by atoms with E-state index in [1.165, 1.54) is 70.6 Å². The third kappa shape index (κ3) is 3.16. The molecular formula is C17H28O2. The molecule has 0 aromatic rings. The van der Waals surface area contributed by atoms with Crippen LogP contribution >= 0.6 is 0 Å². The lowest BCUT2D eigenvalue weighted by atomic mass is 9.84. The number of rotatable bonds is 6. The van der Waals surface area contributed by atoms with Crippen LogP contribution in [0.15, 0.2) is 0 Å². The van der Waals surface area contributed by atoms with E-state index in [2.05, 4.69) is 0 Å². The first-order chi connectivity index (χ1) is 9.38. The average molecular weight is 264 g/mol. The van der Waals surface area contributed by atoms with Gasteiger partial charge in [0.1, 0.15) is 0 Å². The first-order valence-corrected chi connectivity index (χ1v) is 8.69. The Hall–Kier alpha value is -0.0800. The van der Waals surface area contributed by atoms with Crippen LogP contribution < -0.4 is 0 Å². The molecule has 2 saturated heterocycles. The van der Waals surface area contributed by atoms with E-state index in [9.17, 15) is 0 Å². The second-order valence-electron chi connectivity index (χ2n) is 7.42. The second kappa shape index (κ2) is 5.37. The highest BCUT2D eigenvalue weighted by Gasteiger charge is 2.44. The summed E-state index contributed by atoms with van der Waals surface area (Å²) in [6, 6.07) is 0. The van der Waals surface area contributed by atoms with Gasteiger partial charge in [-0.2, -0.15) is 0 Å². The molecule has 2 heterocycles. The predicted molar refractivity (Wildman–Crippen MR) is 75.1 cm³/mol. The van der Waals surface area contributed by atoms with E-state index < -0.39 is 0 Å². The van der Waals surface area contributed by atoms with E-state index in [1.807, 2.05) is 0 Å². The van der Waals surface area contributed by atoms with Gasteiger partial charge in [0.25, 0.3) is 0 Å². The van der Waals surface area contributed by atoms with Gasteiger partial charge in [0, 0.05) is 0 Å². The van der Waals surface area contributed by atoms with E-state index in [1.54, 1.807) is 0 Å². The smallest absolute Gasteiger partial charge is 0.0844 e. The highest BCUT2D eigenvalue weighted by molar-refractivity contribution is 4.92. The molecule has 6 unspecified atom stereocenters. The molecule has 4 rings (SSSR count). The fraction of sp³-hybridized carbons (Fsp3) is 1.00. The zero-order valence-electron chi connectivity index (χ0n) is 12.1. The van der Waals surface area contributed by atoms with E-state index in [4.69, 9.17) is 9.47 Å². The number of hydrogen-bond donors (Lipinski definition) is 0. The first kappa shape index (κ1) is 12.6. The summed E-state index contributed by atoms with van der Waals surface area (Å²) >= 11 is 0. The van der Waals surface area contributed by atoms with Gasteiger partial charge in [-0.3, -0.25) is 0 Å². The predicted octanol–water partition coefficient (Wildman–Crippen LogP) is 4.07. The molecule has 0 aromatic carbocycles. The molecule has 2 nitrogen and oxygen atoms in total. The standard InChI is InChI=1S/C17H28O2/c1(2-4-12-6-8-14-16(10-12)18-14)3-5-13-7-9-15-17(11-13)19-15/h12-17H,1-11H2. The molecule has 2 aliphatic heterocycles. The van der Waals surface area contributed by atoms with E-state index in [0.717, 1.165) is 11.8 Å². The molecule has 0 bridgehead atoms. The van der Waals surface area contributed by atoms with Crippen molar-refractivity contribution >= 4 is 0 Å². The number of hydrogen-bond acceptors (Lipinski definition) is 2. The third-order valence-corrected chi connectivity index (χ3v) is 5.95. The molecule has 0 aromatic heterocycles. The summed E-state index contributed by atoms with van der Waals surface area (Å²) in [5.74, 6) is 1.97. The van der Waals surface area contributed by atoms with Crippen LogP contribution in [-0.4, -0.2) is 24.4 Å². The van der Waals surface area contributed by atoms with Gasteiger partial charge in [-0.25, -0.2) is 0 Å². The van der Waals surface area contributed by atoms with Gasteiger partial charge in [-0.1, -0.05) is 32.1 Å². The Morgan fingerprint density at radius 1 is 0.579 bits per heavy atom. The van der Waals surface area contributed by atoms with Crippen molar-refractivity contribution in [3.05, 3.63) is 0 Å². The molecule has 2 saturated carbocycles. The van der Waals surface area contributed by atoms with Gasteiger partial charge < -0.3 is 9.47 Å². The van der Waals surface area contributed by atoms with E-state index in [0.29, 0.717) is 24.4 Å². The van der Waals surface area contributed by atoms with Gasteiger partial charge in [-0.05, 0) is 50.4 Å². The second-order valence-corrected chi connectivity index (χ2v) is 7.42. The maximum absolute atomic E-state index is 5.62. The van der Waals surface area contributed by atoms with Crippen LogP contribution in [0.5, 0.6) is 0 Å². The molecule has 2 heteroatoms. The molecule has 0 amide bonds. The summed E-state index contributed by atoms with van der Waals surface area (Å²) in [6.45, 7) is 0. The summed E-state index contributed by atoms with van der Waals surface area (Å²) in [4.78, 5) is 0. The molecule has 0 N–H and O–H groups in total. The van der Waals surface area contributed by atoms with Crippen molar-refractivity contribution in [3.8, 4) is 0 Å². The lowest BCUT2D eigenvalue weighted by Gasteiger charge is -2.20. The summed E-state index contributed by atoms with van der Waals surface area (Å²) < 4.78 is 11.2. The lowest BCUT2D eigenvalue weighted by molar-refractivity contribution is 0.328. The van der Waals surface area contributed by atoms with Crippen molar-refractivity contribution in [1.82, 2.24) is 0 Å². The van der Waals surface area contributed by atoms with Crippen LogP contribution in [0.3, 0.4) is 0 Å². The number of fused-ring (bicyclic) bond motifs is 2. The SMILES string of the molecule is C(CCC1CCC2OC2C1)CCC1CCC2OC2C1. The zero-order chi connectivity index (χ0) is 12.7. The van der Waals surface area contributed by atoms with E-state index >= 15 is 0 Å². The Labute approximate surface area is 117 Å². The molecule has 0 radical (unpaired) electrons. The van der Waals surface area contributed by atoms with Crippen molar-refractivity contribution in [2.45, 2.75) is 95.0 Å². The minimum Gasteiger partial charge on any atom is -0.370 e. The summed E-state index contributed by atoms with van der Waals surface area (Å²) in [7, 11) is 0. The highest BCUT2D eigenvalue weighted by atomic mass is 16.6. The molecule has 0 spiro atoms. The molecule has 6 atom stereocenters. The summed E-state index contributed by atoms with van der Waals surface area (Å²) in [6.07, 6.45) is 18.3. The van der Waals surface area contributed by atoms with Crippen LogP contribution in [0.4, 0.5) is 0 Å². The lowest BCUT2D eigenvalue weighted by Crippen LogP contribution is -2.14. The van der Waals surface area contributed by atoms with Crippen LogP contribution in [0.2, 0.25) is 0 Å². The van der Waals surface area contributed by atoms with Crippen molar-refractivity contribution in [2.75, 3.05) is 0 Å². The van der Waals surface area contributed by atoms with Crippen LogP contribution in [0.1, 0.15) is 70.6 Å². The monoisotopic (exact) mass is 264 g/mol. The van der Waals surface area contributed by atoms with E-state index in [-0.39, 0.29) is 0 Å². The molecular weight excluding hydrogens is 236 g/mol. The molecule has 19 heavy (non-hydrogen) atoms. The Morgan fingerprint density at radius 3 is 1.58 bits per heavy atom. The van der Waals surface area contributed by atoms with Crippen molar-refractivity contribution < 1.29 is 9.47 Å². The minimum atomic E-state index is 0.674. The summed E-state index contributed by atoms with van der Waals surface area (Å²) in [5.41, 5.74) is 0. The highest BCUT2D eigenvalue weighted by Crippen LogP contribution is 2.42. The van der Waals surface area contributed by atoms with Crippen molar-refractivity contribution in [2.24, 2.45) is 11.8 Å². The maximum atomic E-state index is 5.62. The van der Waals surface area contributed by atoms with Gasteiger partial charge in [-0.15, -0.1) is 0 Å². The fourth-order valence-electron chi connectivity index (χ4n) is 4.54. The fourth-order valence-corrected chi connectivity index (χ4v) is 4.54. The summed E-state index contributed by atoms with van der Waals surface area (Å²) in [5, 5.41) is 0. The molecule has 2 aliphatic carbocycles. The van der Waals surface area contributed by atoms with Crippen molar-refractivity contribution in [1.29, 1.82) is 0 Å². The largest absolute Gasteiger partial charge is 0.370 e. The quantitative estimate of drug-likeness (QED) is 0.533. The zero-order valence-corrected chi connectivity index (χ0v) is 12.1. The minimum absolute atomic E-state index is 0.674. The van der Waals surface area contributed by atoms with Gasteiger partial charge >= 0.3 is 0 Å². The average Bonchev–Trinajstić information content (AvgIpc) is 3.31. The Balaban J connectivity index is 1.05.